The highest BCUT2D eigenvalue weighted by atomic mass is 32.1. The van der Waals surface area contributed by atoms with E-state index >= 15 is 0 Å². The van der Waals surface area contributed by atoms with Crippen LogP contribution in [0, 0.1) is 11.3 Å². The molecule has 0 amide bonds. The summed E-state index contributed by atoms with van der Waals surface area (Å²) in [6.07, 6.45) is -1.53. The quantitative estimate of drug-likeness (QED) is 0.776. The average molecular weight is 336 g/mol. The molecule has 6 nitrogen and oxygen atoms in total. The number of nitrogens with two attached hydrogens (primary N) is 1. The Morgan fingerprint density at radius 3 is 2.48 bits per heavy atom. The predicted molar refractivity (Wildman–Crippen MR) is 76.6 cm³/mol. The lowest BCUT2D eigenvalue weighted by Crippen LogP contribution is -2.06. The van der Waals surface area contributed by atoms with Crippen LogP contribution in [-0.4, -0.2) is 19.7 Å². The summed E-state index contributed by atoms with van der Waals surface area (Å²) >= 11 is 0.495. The van der Waals surface area contributed by atoms with Crippen LogP contribution in [0.1, 0.15) is 10.6 Å². The van der Waals surface area contributed by atoms with Crippen molar-refractivity contribution in [2.75, 3.05) is 5.73 Å². The second-order valence-electron chi connectivity index (χ2n) is 4.34. The first-order valence-electron chi connectivity index (χ1n) is 6.15. The molecule has 116 valence electrons. The third-order valence-corrected chi connectivity index (χ3v) is 4.05. The molecule has 0 radical (unpaired) electrons. The number of nitrogen functional groups attached to an aromatic ring is 1. The highest BCUT2D eigenvalue weighted by Crippen LogP contribution is 2.41. The van der Waals surface area contributed by atoms with Crippen molar-refractivity contribution in [2.24, 2.45) is 0 Å². The molecule has 0 bridgehead atoms. The van der Waals surface area contributed by atoms with Crippen LogP contribution in [0.3, 0.4) is 0 Å². The molecule has 3 aromatic rings. The van der Waals surface area contributed by atoms with E-state index in [1.807, 2.05) is 6.07 Å². The van der Waals surface area contributed by atoms with Gasteiger partial charge in [-0.1, -0.05) is 0 Å². The molecule has 3 heterocycles. The Hall–Kier alpha value is -2.93. The van der Waals surface area contributed by atoms with E-state index in [1.54, 1.807) is 6.07 Å². The molecule has 3 rings (SSSR count). The van der Waals surface area contributed by atoms with Gasteiger partial charge in [-0.05, 0) is 18.2 Å². The molecule has 0 atom stereocenters. The van der Waals surface area contributed by atoms with Gasteiger partial charge in [0.15, 0.2) is 5.69 Å². The zero-order valence-electron chi connectivity index (χ0n) is 11.2. The van der Waals surface area contributed by atoms with Gasteiger partial charge in [0.25, 0.3) is 5.95 Å². The number of alkyl halides is 3. The van der Waals surface area contributed by atoms with Gasteiger partial charge >= 0.3 is 6.18 Å². The van der Waals surface area contributed by atoms with Crippen LogP contribution in [0.25, 0.3) is 16.4 Å². The minimum absolute atomic E-state index is 0.00308. The Kier molecular flexibility index (Phi) is 3.49. The Bertz CT molecular complexity index is 891. The Balaban J connectivity index is 2.15. The highest BCUT2D eigenvalue weighted by molar-refractivity contribution is 7.15. The number of rotatable bonds is 2. The van der Waals surface area contributed by atoms with E-state index in [9.17, 15) is 18.4 Å². The molecule has 0 aromatic carbocycles. The van der Waals surface area contributed by atoms with Crippen molar-refractivity contribution in [3.05, 3.63) is 41.2 Å². The van der Waals surface area contributed by atoms with Crippen LogP contribution in [-0.2, 0) is 6.18 Å². The molecule has 0 aliphatic carbocycles. The maximum absolute atomic E-state index is 12.7. The number of thiophene rings is 1. The van der Waals surface area contributed by atoms with E-state index in [2.05, 4.69) is 15.1 Å². The summed E-state index contributed by atoms with van der Waals surface area (Å²) in [6, 6.07) is 5.62. The fraction of sp³-hybridized carbons (Fsp3) is 0.0769. The van der Waals surface area contributed by atoms with Crippen molar-refractivity contribution in [1.29, 1.82) is 5.26 Å². The molecule has 0 saturated heterocycles. The van der Waals surface area contributed by atoms with Crippen LogP contribution in [0.4, 0.5) is 19.0 Å². The van der Waals surface area contributed by atoms with E-state index in [0.29, 0.717) is 11.3 Å². The van der Waals surface area contributed by atoms with Gasteiger partial charge in [-0.15, -0.1) is 11.3 Å². The van der Waals surface area contributed by atoms with Gasteiger partial charge in [0.1, 0.15) is 16.8 Å². The lowest BCUT2D eigenvalue weighted by atomic mass is 10.2. The first kappa shape index (κ1) is 15.0. The lowest BCUT2D eigenvalue weighted by molar-refractivity contribution is -0.134. The first-order chi connectivity index (χ1) is 10.9. The third kappa shape index (κ3) is 2.62. The van der Waals surface area contributed by atoms with E-state index in [4.69, 9.17) is 5.73 Å². The summed E-state index contributed by atoms with van der Waals surface area (Å²) in [5.41, 5.74) is 6.00. The fourth-order valence-electron chi connectivity index (χ4n) is 1.93. The molecule has 0 unspecified atom stereocenters. The predicted octanol–water partition coefficient (Wildman–Crippen LogP) is 2.86. The van der Waals surface area contributed by atoms with E-state index < -0.39 is 11.1 Å². The Labute approximate surface area is 131 Å². The van der Waals surface area contributed by atoms with Crippen molar-refractivity contribution in [1.82, 2.24) is 19.7 Å². The van der Waals surface area contributed by atoms with Crippen LogP contribution in [0.5, 0.6) is 0 Å². The van der Waals surface area contributed by atoms with Gasteiger partial charge in [-0.3, -0.25) is 0 Å². The maximum Gasteiger partial charge on any atom is 0.425 e. The van der Waals surface area contributed by atoms with Gasteiger partial charge in [0, 0.05) is 17.3 Å². The second-order valence-corrected chi connectivity index (χ2v) is 5.43. The molecule has 2 N–H and O–H groups in total. The molecule has 0 saturated carbocycles. The number of hydrogen-bond donors (Lipinski definition) is 1. The minimum atomic E-state index is -4.46. The average Bonchev–Trinajstić information content (AvgIpc) is 3.12. The molecular weight excluding hydrogens is 329 g/mol. The number of hydrogen-bond acceptors (Lipinski definition) is 6. The van der Waals surface area contributed by atoms with E-state index in [0.717, 1.165) is 10.7 Å². The lowest BCUT2D eigenvalue weighted by Gasteiger charge is -2.02. The third-order valence-electron chi connectivity index (χ3n) is 2.90. The van der Waals surface area contributed by atoms with Gasteiger partial charge < -0.3 is 5.73 Å². The summed E-state index contributed by atoms with van der Waals surface area (Å²) in [5, 5.41) is 13.2. The smallest absolute Gasteiger partial charge is 0.383 e. The van der Waals surface area contributed by atoms with Crippen LogP contribution < -0.4 is 5.73 Å². The molecule has 23 heavy (non-hydrogen) atoms. The largest absolute Gasteiger partial charge is 0.425 e. The molecule has 3 aromatic heterocycles. The van der Waals surface area contributed by atoms with Crippen LogP contribution in [0.2, 0.25) is 0 Å². The SMILES string of the molecule is N#Cc1nn(-c2ncccn2)c(N)c1-c1ccc(C(F)(F)F)s1. The highest BCUT2D eigenvalue weighted by Gasteiger charge is 2.33. The van der Waals surface area contributed by atoms with Gasteiger partial charge in [-0.2, -0.15) is 28.2 Å². The summed E-state index contributed by atoms with van der Waals surface area (Å²) in [6.45, 7) is 0. The number of nitriles is 1. The van der Waals surface area contributed by atoms with Crippen molar-refractivity contribution in [3.63, 3.8) is 0 Å². The molecule has 0 aliphatic rings. The van der Waals surface area contributed by atoms with Crippen molar-refractivity contribution >= 4 is 17.2 Å². The molecule has 0 spiro atoms. The fourth-order valence-corrected chi connectivity index (χ4v) is 2.86. The summed E-state index contributed by atoms with van der Waals surface area (Å²) in [5.74, 6) is 0.128. The Morgan fingerprint density at radius 1 is 1.22 bits per heavy atom. The summed E-state index contributed by atoms with van der Waals surface area (Å²) in [4.78, 5) is 7.34. The van der Waals surface area contributed by atoms with Crippen molar-refractivity contribution < 1.29 is 13.2 Å². The summed E-state index contributed by atoms with van der Waals surface area (Å²) in [7, 11) is 0. The van der Waals surface area contributed by atoms with Gasteiger partial charge in [0.05, 0.1) is 5.56 Å². The topological polar surface area (TPSA) is 93.4 Å². The first-order valence-corrected chi connectivity index (χ1v) is 6.97. The molecule has 0 aliphatic heterocycles. The zero-order valence-corrected chi connectivity index (χ0v) is 12.1. The van der Waals surface area contributed by atoms with Gasteiger partial charge in [0.2, 0.25) is 0 Å². The minimum Gasteiger partial charge on any atom is -0.383 e. The van der Waals surface area contributed by atoms with E-state index in [-0.39, 0.29) is 27.9 Å². The van der Waals surface area contributed by atoms with Crippen LogP contribution in [0.15, 0.2) is 30.6 Å². The zero-order chi connectivity index (χ0) is 16.6. The van der Waals surface area contributed by atoms with Crippen molar-refractivity contribution in [2.45, 2.75) is 6.18 Å². The molecule has 0 fully saturated rings. The molecule has 10 heteroatoms. The summed E-state index contributed by atoms with van der Waals surface area (Å²) < 4.78 is 39.4. The normalized spacial score (nSPS) is 11.4. The van der Waals surface area contributed by atoms with Gasteiger partial charge in [-0.25, -0.2) is 9.97 Å². The monoisotopic (exact) mass is 336 g/mol. The molecular formula is C13H7F3N6S. The Morgan fingerprint density at radius 2 is 1.91 bits per heavy atom. The van der Waals surface area contributed by atoms with Crippen molar-refractivity contribution in [3.8, 4) is 22.5 Å². The maximum atomic E-state index is 12.7. The number of halogens is 3. The van der Waals surface area contributed by atoms with E-state index in [1.165, 1.54) is 18.5 Å². The number of anilines is 1. The standard InChI is InChI=1S/C13H7F3N6S/c14-13(15,16)9-3-2-8(23-9)10-7(6-17)21-22(11(10)18)12-19-4-1-5-20-12/h1-5H,18H2. The second kappa shape index (κ2) is 5.36. The number of nitrogens with zero attached hydrogens (tertiary/aromatic N) is 5. The number of aromatic nitrogens is 4. The van der Waals surface area contributed by atoms with Crippen LogP contribution >= 0.6 is 11.3 Å².